The number of benzene rings is 2. The number of rotatable bonds is 3. The second kappa shape index (κ2) is 5.29. The summed E-state index contributed by atoms with van der Waals surface area (Å²) in [4.78, 5) is 12.5. The van der Waals surface area contributed by atoms with Crippen LogP contribution in [0.25, 0.3) is 11.0 Å². The third-order valence-electron chi connectivity index (χ3n) is 3.50. The van der Waals surface area contributed by atoms with Crippen molar-refractivity contribution in [3.05, 3.63) is 69.1 Å². The molecule has 0 radical (unpaired) electrons. The highest BCUT2D eigenvalue weighted by Gasteiger charge is 2.11. The molecule has 102 valence electrons. The fraction of sp³-hybridized carbons (Fsp3) is 0.188. The van der Waals surface area contributed by atoms with Crippen LogP contribution >= 0.6 is 15.9 Å². The van der Waals surface area contributed by atoms with Crippen molar-refractivity contribution in [3.8, 4) is 0 Å². The first-order chi connectivity index (χ1) is 9.70. The summed E-state index contributed by atoms with van der Waals surface area (Å²) in [6.45, 7) is 3.28. The van der Waals surface area contributed by atoms with Crippen molar-refractivity contribution in [2.75, 3.05) is 0 Å². The molecule has 3 nitrogen and oxygen atoms in total. The van der Waals surface area contributed by atoms with E-state index >= 15 is 0 Å². The molecule has 0 bridgehead atoms. The fourth-order valence-corrected chi connectivity index (χ4v) is 2.77. The van der Waals surface area contributed by atoms with Crippen LogP contribution in [0.15, 0.2) is 57.8 Å². The summed E-state index contributed by atoms with van der Waals surface area (Å²) < 4.78 is 4.69. The third kappa shape index (κ3) is 2.20. The molecule has 20 heavy (non-hydrogen) atoms. The molecule has 0 saturated heterocycles. The van der Waals surface area contributed by atoms with Gasteiger partial charge in [-0.05, 0) is 36.8 Å². The first-order valence-electron chi connectivity index (χ1n) is 6.63. The molecular weight excluding hydrogens is 316 g/mol. The number of hydrogen-bond donors (Lipinski definition) is 0. The molecular formula is C16H15BrN2O. The Morgan fingerprint density at radius 2 is 1.55 bits per heavy atom. The zero-order valence-electron chi connectivity index (χ0n) is 11.2. The van der Waals surface area contributed by atoms with Crippen LogP contribution in [0.5, 0.6) is 0 Å². The van der Waals surface area contributed by atoms with Crippen molar-refractivity contribution in [2.24, 2.45) is 0 Å². The second-order valence-corrected chi connectivity index (χ2v) is 5.64. The SMILES string of the molecule is CCn1c(=O)n(Cc2ccc(Br)cc2)c2ccccc21. The molecule has 0 aliphatic carbocycles. The Morgan fingerprint density at radius 1 is 0.950 bits per heavy atom. The summed E-state index contributed by atoms with van der Waals surface area (Å²) >= 11 is 3.43. The van der Waals surface area contributed by atoms with Crippen molar-refractivity contribution in [2.45, 2.75) is 20.0 Å². The van der Waals surface area contributed by atoms with E-state index in [0.29, 0.717) is 13.1 Å². The van der Waals surface area contributed by atoms with Crippen LogP contribution in [0.1, 0.15) is 12.5 Å². The molecule has 3 rings (SSSR count). The largest absolute Gasteiger partial charge is 0.329 e. The molecule has 1 aromatic heterocycles. The number of imidazole rings is 1. The molecule has 0 amide bonds. The van der Waals surface area contributed by atoms with E-state index in [4.69, 9.17) is 0 Å². The molecule has 0 fully saturated rings. The van der Waals surface area contributed by atoms with Gasteiger partial charge in [0.2, 0.25) is 0 Å². The summed E-state index contributed by atoms with van der Waals surface area (Å²) in [6.07, 6.45) is 0. The van der Waals surface area contributed by atoms with Crippen molar-refractivity contribution in [1.29, 1.82) is 0 Å². The molecule has 0 aliphatic rings. The highest BCUT2D eigenvalue weighted by molar-refractivity contribution is 9.10. The van der Waals surface area contributed by atoms with E-state index in [1.165, 1.54) is 0 Å². The Bertz CT molecular complexity index is 799. The van der Waals surface area contributed by atoms with Crippen molar-refractivity contribution < 1.29 is 0 Å². The lowest BCUT2D eigenvalue weighted by atomic mass is 10.2. The highest BCUT2D eigenvalue weighted by Crippen LogP contribution is 2.16. The summed E-state index contributed by atoms with van der Waals surface area (Å²) in [5.41, 5.74) is 3.16. The Morgan fingerprint density at radius 3 is 2.15 bits per heavy atom. The van der Waals surface area contributed by atoms with E-state index in [1.54, 1.807) is 0 Å². The van der Waals surface area contributed by atoms with Gasteiger partial charge in [-0.1, -0.05) is 40.2 Å². The molecule has 3 aromatic rings. The predicted octanol–water partition coefficient (Wildman–Crippen LogP) is 3.63. The van der Waals surface area contributed by atoms with Crippen LogP contribution < -0.4 is 5.69 Å². The average molecular weight is 331 g/mol. The number of hydrogen-bond acceptors (Lipinski definition) is 1. The Labute approximate surface area is 125 Å². The zero-order valence-corrected chi connectivity index (χ0v) is 12.8. The number of para-hydroxylation sites is 2. The number of aryl methyl sites for hydroxylation is 1. The van der Waals surface area contributed by atoms with Gasteiger partial charge in [0.05, 0.1) is 17.6 Å². The Balaban J connectivity index is 2.14. The van der Waals surface area contributed by atoms with Crippen LogP contribution in [-0.4, -0.2) is 9.13 Å². The van der Waals surface area contributed by atoms with Gasteiger partial charge in [0, 0.05) is 11.0 Å². The number of fused-ring (bicyclic) bond motifs is 1. The van der Waals surface area contributed by atoms with Crippen LogP contribution in [0.2, 0.25) is 0 Å². The van der Waals surface area contributed by atoms with E-state index in [2.05, 4.69) is 15.9 Å². The maximum atomic E-state index is 12.5. The van der Waals surface area contributed by atoms with Gasteiger partial charge in [0.25, 0.3) is 0 Å². The lowest BCUT2D eigenvalue weighted by molar-refractivity contribution is 0.684. The fourth-order valence-electron chi connectivity index (χ4n) is 2.50. The lowest BCUT2D eigenvalue weighted by Crippen LogP contribution is -2.24. The van der Waals surface area contributed by atoms with Crippen molar-refractivity contribution in [3.63, 3.8) is 0 Å². The summed E-state index contributed by atoms with van der Waals surface area (Å²) in [6, 6.07) is 16.0. The summed E-state index contributed by atoms with van der Waals surface area (Å²) in [7, 11) is 0. The number of halogens is 1. The Kier molecular flexibility index (Phi) is 3.49. The van der Waals surface area contributed by atoms with Gasteiger partial charge in [-0.3, -0.25) is 9.13 Å². The van der Waals surface area contributed by atoms with E-state index in [9.17, 15) is 4.79 Å². The Hall–Kier alpha value is -1.81. The normalized spacial score (nSPS) is 11.1. The van der Waals surface area contributed by atoms with Crippen molar-refractivity contribution >= 4 is 27.0 Å². The van der Waals surface area contributed by atoms with Crippen LogP contribution in [0.4, 0.5) is 0 Å². The molecule has 0 unspecified atom stereocenters. The third-order valence-corrected chi connectivity index (χ3v) is 4.02. The van der Waals surface area contributed by atoms with E-state index < -0.39 is 0 Å². The summed E-state index contributed by atoms with van der Waals surface area (Å²) in [5, 5.41) is 0. The minimum atomic E-state index is 0.0524. The highest BCUT2D eigenvalue weighted by atomic mass is 79.9. The standard InChI is InChI=1S/C16H15BrN2O/c1-2-18-14-5-3-4-6-15(14)19(16(18)20)11-12-7-9-13(17)10-8-12/h3-10H,2,11H2,1H3. The monoisotopic (exact) mass is 330 g/mol. The lowest BCUT2D eigenvalue weighted by Gasteiger charge is -2.03. The van der Waals surface area contributed by atoms with Gasteiger partial charge in [-0.2, -0.15) is 0 Å². The van der Waals surface area contributed by atoms with Gasteiger partial charge in [-0.25, -0.2) is 4.79 Å². The first kappa shape index (κ1) is 13.2. The molecule has 0 spiro atoms. The molecule has 2 aromatic carbocycles. The minimum absolute atomic E-state index is 0.0524. The van der Waals surface area contributed by atoms with Gasteiger partial charge >= 0.3 is 5.69 Å². The van der Waals surface area contributed by atoms with Crippen molar-refractivity contribution in [1.82, 2.24) is 9.13 Å². The smallest absolute Gasteiger partial charge is 0.292 e. The first-order valence-corrected chi connectivity index (χ1v) is 7.42. The molecule has 0 aliphatic heterocycles. The van der Waals surface area contributed by atoms with Gasteiger partial charge < -0.3 is 0 Å². The van der Waals surface area contributed by atoms with Gasteiger partial charge in [0.1, 0.15) is 0 Å². The number of nitrogens with zero attached hydrogens (tertiary/aromatic N) is 2. The zero-order chi connectivity index (χ0) is 14.1. The van der Waals surface area contributed by atoms with Crippen LogP contribution in [0, 0.1) is 0 Å². The molecule has 4 heteroatoms. The topological polar surface area (TPSA) is 26.9 Å². The molecule has 0 N–H and O–H groups in total. The van der Waals surface area contributed by atoms with Crippen LogP contribution in [-0.2, 0) is 13.1 Å². The molecule has 0 saturated carbocycles. The summed E-state index contributed by atoms with van der Waals surface area (Å²) in [5.74, 6) is 0. The molecule has 1 heterocycles. The minimum Gasteiger partial charge on any atom is -0.292 e. The maximum Gasteiger partial charge on any atom is 0.329 e. The quantitative estimate of drug-likeness (QED) is 0.720. The maximum absolute atomic E-state index is 12.5. The van der Waals surface area contributed by atoms with E-state index in [-0.39, 0.29) is 5.69 Å². The van der Waals surface area contributed by atoms with Crippen LogP contribution in [0.3, 0.4) is 0 Å². The van der Waals surface area contributed by atoms with E-state index in [0.717, 1.165) is 21.1 Å². The molecule has 0 atom stereocenters. The second-order valence-electron chi connectivity index (χ2n) is 4.73. The van der Waals surface area contributed by atoms with E-state index in [1.807, 2.05) is 64.6 Å². The average Bonchev–Trinajstić information content (AvgIpc) is 2.74. The van der Waals surface area contributed by atoms with Gasteiger partial charge in [0.15, 0.2) is 0 Å². The predicted molar refractivity (Wildman–Crippen MR) is 85.1 cm³/mol. The van der Waals surface area contributed by atoms with Gasteiger partial charge in [-0.15, -0.1) is 0 Å². The number of aromatic nitrogens is 2.